The molecule has 0 aliphatic rings. The van der Waals surface area contributed by atoms with Gasteiger partial charge < -0.3 is 0 Å². The van der Waals surface area contributed by atoms with Crippen LogP contribution in [0.2, 0.25) is 5.15 Å². The summed E-state index contributed by atoms with van der Waals surface area (Å²) in [5.41, 5.74) is 1.89. The number of rotatable bonds is 3. The molecule has 0 aliphatic heterocycles. The van der Waals surface area contributed by atoms with Gasteiger partial charge in [-0.05, 0) is 30.2 Å². The number of hydrogen-bond acceptors (Lipinski definition) is 2. The van der Waals surface area contributed by atoms with Crippen LogP contribution in [0.4, 0.5) is 4.39 Å². The van der Waals surface area contributed by atoms with Gasteiger partial charge in [0.05, 0.1) is 0 Å². The Kier molecular flexibility index (Phi) is 3.69. The molecule has 4 heteroatoms. The topological polar surface area (TPSA) is 25.8 Å². The van der Waals surface area contributed by atoms with Crippen molar-refractivity contribution in [3.63, 3.8) is 0 Å². The SMILES string of the molecule is CCc1cc(Cl)nc(Cc2ccc(F)cc2)n1. The third kappa shape index (κ3) is 3.24. The summed E-state index contributed by atoms with van der Waals surface area (Å²) in [7, 11) is 0. The molecular weight excluding hydrogens is 239 g/mol. The zero-order valence-electron chi connectivity index (χ0n) is 9.45. The van der Waals surface area contributed by atoms with Crippen molar-refractivity contribution in [2.24, 2.45) is 0 Å². The smallest absolute Gasteiger partial charge is 0.134 e. The third-order valence-electron chi connectivity index (χ3n) is 2.43. The van der Waals surface area contributed by atoms with Gasteiger partial charge in [-0.25, -0.2) is 14.4 Å². The first-order valence-electron chi connectivity index (χ1n) is 5.44. The second kappa shape index (κ2) is 5.23. The summed E-state index contributed by atoms with van der Waals surface area (Å²) in [5.74, 6) is 0.427. The number of nitrogens with zero attached hydrogens (tertiary/aromatic N) is 2. The maximum atomic E-state index is 12.8. The second-order valence-corrected chi connectivity index (χ2v) is 4.14. The highest BCUT2D eigenvalue weighted by atomic mass is 35.5. The number of benzene rings is 1. The van der Waals surface area contributed by atoms with Crippen molar-refractivity contribution in [3.8, 4) is 0 Å². The zero-order valence-corrected chi connectivity index (χ0v) is 10.2. The molecule has 0 atom stereocenters. The molecule has 2 aromatic rings. The minimum atomic E-state index is -0.241. The van der Waals surface area contributed by atoms with Crippen LogP contribution in [-0.2, 0) is 12.8 Å². The van der Waals surface area contributed by atoms with Gasteiger partial charge in [-0.2, -0.15) is 0 Å². The van der Waals surface area contributed by atoms with E-state index in [9.17, 15) is 4.39 Å². The fraction of sp³-hybridized carbons (Fsp3) is 0.231. The normalized spacial score (nSPS) is 10.5. The Morgan fingerprint density at radius 3 is 2.53 bits per heavy atom. The van der Waals surface area contributed by atoms with Gasteiger partial charge in [0.1, 0.15) is 16.8 Å². The minimum Gasteiger partial charge on any atom is -0.237 e. The molecular formula is C13H12ClFN2. The highest BCUT2D eigenvalue weighted by Gasteiger charge is 2.03. The number of halogens is 2. The number of aromatic nitrogens is 2. The van der Waals surface area contributed by atoms with E-state index in [-0.39, 0.29) is 5.82 Å². The lowest BCUT2D eigenvalue weighted by Crippen LogP contribution is -2.00. The van der Waals surface area contributed by atoms with Crippen LogP contribution in [0.15, 0.2) is 30.3 Å². The standard InChI is InChI=1S/C13H12ClFN2/c1-2-11-8-12(14)17-13(16-11)7-9-3-5-10(15)6-4-9/h3-6,8H,2,7H2,1H3. The van der Waals surface area contributed by atoms with Crippen molar-refractivity contribution < 1.29 is 4.39 Å². The molecule has 88 valence electrons. The van der Waals surface area contributed by atoms with Crippen LogP contribution in [0, 0.1) is 5.82 Å². The lowest BCUT2D eigenvalue weighted by molar-refractivity contribution is 0.627. The number of hydrogen-bond donors (Lipinski definition) is 0. The molecule has 0 fully saturated rings. The van der Waals surface area contributed by atoms with Crippen LogP contribution in [0.5, 0.6) is 0 Å². The molecule has 17 heavy (non-hydrogen) atoms. The Hall–Kier alpha value is -1.48. The average molecular weight is 251 g/mol. The van der Waals surface area contributed by atoms with E-state index in [1.807, 2.05) is 6.92 Å². The van der Waals surface area contributed by atoms with Gasteiger partial charge in [-0.3, -0.25) is 0 Å². The van der Waals surface area contributed by atoms with Crippen molar-refractivity contribution in [1.82, 2.24) is 9.97 Å². The Labute approximate surface area is 104 Å². The van der Waals surface area contributed by atoms with Crippen LogP contribution >= 0.6 is 11.6 Å². The van der Waals surface area contributed by atoms with Crippen molar-refractivity contribution in [2.75, 3.05) is 0 Å². The summed E-state index contributed by atoms with van der Waals surface area (Å²) in [4.78, 5) is 8.54. The molecule has 0 saturated carbocycles. The van der Waals surface area contributed by atoms with E-state index in [1.54, 1.807) is 18.2 Å². The van der Waals surface area contributed by atoms with Crippen molar-refractivity contribution >= 4 is 11.6 Å². The van der Waals surface area contributed by atoms with E-state index in [2.05, 4.69) is 9.97 Å². The van der Waals surface area contributed by atoms with Crippen molar-refractivity contribution in [1.29, 1.82) is 0 Å². The fourth-order valence-electron chi connectivity index (χ4n) is 1.56. The molecule has 0 unspecified atom stereocenters. The maximum Gasteiger partial charge on any atom is 0.134 e. The van der Waals surface area contributed by atoms with Crippen LogP contribution in [0.1, 0.15) is 24.0 Å². The lowest BCUT2D eigenvalue weighted by Gasteiger charge is -2.03. The molecule has 1 heterocycles. The Balaban J connectivity index is 2.23. The molecule has 0 radical (unpaired) electrons. The molecule has 2 rings (SSSR count). The molecule has 0 spiro atoms. The first kappa shape index (κ1) is 12.0. The fourth-order valence-corrected chi connectivity index (χ4v) is 1.78. The van der Waals surface area contributed by atoms with E-state index in [0.717, 1.165) is 17.7 Å². The van der Waals surface area contributed by atoms with Crippen molar-refractivity contribution in [3.05, 3.63) is 58.4 Å². The minimum absolute atomic E-state index is 0.241. The zero-order chi connectivity index (χ0) is 12.3. The van der Waals surface area contributed by atoms with E-state index in [4.69, 9.17) is 11.6 Å². The van der Waals surface area contributed by atoms with E-state index in [0.29, 0.717) is 17.4 Å². The molecule has 1 aromatic heterocycles. The predicted octanol–water partition coefficient (Wildman–Crippen LogP) is 3.42. The van der Waals surface area contributed by atoms with Gasteiger partial charge in [-0.15, -0.1) is 0 Å². The lowest BCUT2D eigenvalue weighted by atomic mass is 10.1. The highest BCUT2D eigenvalue weighted by Crippen LogP contribution is 2.12. The van der Waals surface area contributed by atoms with E-state index in [1.165, 1.54) is 12.1 Å². The summed E-state index contributed by atoms with van der Waals surface area (Å²) < 4.78 is 12.8. The van der Waals surface area contributed by atoms with Gasteiger partial charge in [0.15, 0.2) is 0 Å². The predicted molar refractivity (Wildman–Crippen MR) is 65.6 cm³/mol. The molecule has 0 bridgehead atoms. The van der Waals surface area contributed by atoms with Gasteiger partial charge >= 0.3 is 0 Å². The Bertz CT molecular complexity index is 511. The summed E-state index contributed by atoms with van der Waals surface area (Å²) >= 11 is 5.91. The summed E-state index contributed by atoms with van der Waals surface area (Å²) in [6, 6.07) is 8.08. The molecule has 1 aromatic carbocycles. The summed E-state index contributed by atoms with van der Waals surface area (Å²) in [6.07, 6.45) is 1.38. The quantitative estimate of drug-likeness (QED) is 0.780. The van der Waals surface area contributed by atoms with Crippen molar-refractivity contribution in [2.45, 2.75) is 19.8 Å². The first-order chi connectivity index (χ1) is 8.17. The van der Waals surface area contributed by atoms with Gasteiger partial charge in [-0.1, -0.05) is 30.7 Å². The monoisotopic (exact) mass is 250 g/mol. The third-order valence-corrected chi connectivity index (χ3v) is 2.63. The van der Waals surface area contributed by atoms with Gasteiger partial charge in [0.25, 0.3) is 0 Å². The molecule has 0 N–H and O–H groups in total. The summed E-state index contributed by atoms with van der Waals surface area (Å²) in [6.45, 7) is 2.01. The molecule has 0 saturated heterocycles. The molecule has 0 amide bonds. The van der Waals surface area contributed by atoms with Crippen LogP contribution in [-0.4, -0.2) is 9.97 Å². The van der Waals surface area contributed by atoms with E-state index >= 15 is 0 Å². The summed E-state index contributed by atoms with van der Waals surface area (Å²) in [5, 5.41) is 0.453. The van der Waals surface area contributed by atoms with Gasteiger partial charge in [0.2, 0.25) is 0 Å². The molecule has 2 nitrogen and oxygen atoms in total. The van der Waals surface area contributed by atoms with Crippen LogP contribution in [0.25, 0.3) is 0 Å². The van der Waals surface area contributed by atoms with Crippen LogP contribution < -0.4 is 0 Å². The van der Waals surface area contributed by atoms with Crippen LogP contribution in [0.3, 0.4) is 0 Å². The Morgan fingerprint density at radius 2 is 1.88 bits per heavy atom. The van der Waals surface area contributed by atoms with Gasteiger partial charge in [0, 0.05) is 12.1 Å². The largest absolute Gasteiger partial charge is 0.237 e. The van der Waals surface area contributed by atoms with E-state index < -0.39 is 0 Å². The molecule has 0 aliphatic carbocycles. The average Bonchev–Trinajstić information content (AvgIpc) is 2.31. The maximum absolute atomic E-state index is 12.8. The number of aryl methyl sites for hydroxylation is 1. The first-order valence-corrected chi connectivity index (χ1v) is 5.82. The Morgan fingerprint density at radius 1 is 1.18 bits per heavy atom. The highest BCUT2D eigenvalue weighted by molar-refractivity contribution is 6.29. The second-order valence-electron chi connectivity index (χ2n) is 3.76.